The van der Waals surface area contributed by atoms with E-state index in [-0.39, 0.29) is 12.5 Å². The molecule has 0 bridgehead atoms. The number of nitrogens with zero attached hydrogens (tertiary/aromatic N) is 2. The smallest absolute Gasteiger partial charge is 0.261 e. The summed E-state index contributed by atoms with van der Waals surface area (Å²) in [5.74, 6) is 1.17. The van der Waals surface area contributed by atoms with Crippen LogP contribution in [-0.2, 0) is 11.3 Å². The van der Waals surface area contributed by atoms with Crippen molar-refractivity contribution in [3.8, 4) is 17.1 Å². The van der Waals surface area contributed by atoms with Gasteiger partial charge in [-0.2, -0.15) is 4.98 Å². The lowest BCUT2D eigenvalue weighted by Crippen LogP contribution is -2.37. The van der Waals surface area contributed by atoms with Gasteiger partial charge in [-0.25, -0.2) is 0 Å². The SMILES string of the molecule is CC[C@H](Oc1ccc(Cl)c(C)c1)C(=O)NCc1nc(-c2ccccc2)no1. The molecule has 0 unspecified atom stereocenters. The molecular formula is C20H20ClN3O3. The number of aromatic nitrogens is 2. The van der Waals surface area contributed by atoms with Crippen molar-refractivity contribution in [3.05, 3.63) is 65.0 Å². The molecule has 0 aliphatic heterocycles. The van der Waals surface area contributed by atoms with Crippen LogP contribution in [0, 0.1) is 6.92 Å². The molecule has 0 saturated heterocycles. The van der Waals surface area contributed by atoms with Gasteiger partial charge in [-0.1, -0.05) is 54.0 Å². The summed E-state index contributed by atoms with van der Waals surface area (Å²) in [4.78, 5) is 16.7. The molecule has 0 saturated carbocycles. The Morgan fingerprint density at radius 3 is 2.74 bits per heavy atom. The fourth-order valence-corrected chi connectivity index (χ4v) is 2.60. The van der Waals surface area contributed by atoms with Crippen LogP contribution in [0.4, 0.5) is 0 Å². The van der Waals surface area contributed by atoms with E-state index in [0.29, 0.717) is 28.9 Å². The summed E-state index contributed by atoms with van der Waals surface area (Å²) >= 11 is 6.02. The summed E-state index contributed by atoms with van der Waals surface area (Å²) in [5.41, 5.74) is 1.75. The van der Waals surface area contributed by atoms with Crippen LogP contribution in [-0.4, -0.2) is 22.2 Å². The maximum Gasteiger partial charge on any atom is 0.261 e. The van der Waals surface area contributed by atoms with Crippen molar-refractivity contribution < 1.29 is 14.1 Å². The first kappa shape index (κ1) is 18.9. The Bertz CT molecular complexity index is 912. The van der Waals surface area contributed by atoms with Gasteiger partial charge in [0.25, 0.3) is 5.91 Å². The lowest BCUT2D eigenvalue weighted by Gasteiger charge is -2.17. The van der Waals surface area contributed by atoms with Crippen LogP contribution >= 0.6 is 11.6 Å². The van der Waals surface area contributed by atoms with E-state index in [4.69, 9.17) is 20.9 Å². The van der Waals surface area contributed by atoms with Crippen LogP contribution in [0.5, 0.6) is 5.75 Å². The van der Waals surface area contributed by atoms with Crippen LogP contribution in [0.1, 0.15) is 24.8 Å². The molecule has 3 aromatic rings. The molecule has 0 spiro atoms. The minimum atomic E-state index is -0.623. The zero-order chi connectivity index (χ0) is 19.2. The zero-order valence-corrected chi connectivity index (χ0v) is 15.9. The van der Waals surface area contributed by atoms with Crippen molar-refractivity contribution in [3.63, 3.8) is 0 Å². The number of nitrogens with one attached hydrogen (secondary N) is 1. The van der Waals surface area contributed by atoms with Crippen LogP contribution in [0.3, 0.4) is 0 Å². The Balaban J connectivity index is 1.59. The normalized spacial score (nSPS) is 11.8. The van der Waals surface area contributed by atoms with E-state index in [1.54, 1.807) is 12.1 Å². The third-order valence-corrected chi connectivity index (χ3v) is 4.41. The Hall–Kier alpha value is -2.86. The summed E-state index contributed by atoms with van der Waals surface area (Å²) in [7, 11) is 0. The standard InChI is InChI=1S/C20H20ClN3O3/c1-3-17(26-15-9-10-16(21)13(2)11-15)20(25)22-12-18-23-19(24-27-18)14-7-5-4-6-8-14/h4-11,17H,3,12H2,1-2H3,(H,22,25)/t17-/m0/s1. The average Bonchev–Trinajstić information content (AvgIpc) is 3.16. The first-order valence-corrected chi connectivity index (χ1v) is 9.03. The summed E-state index contributed by atoms with van der Waals surface area (Å²) in [6.45, 7) is 3.90. The highest BCUT2D eigenvalue weighted by Gasteiger charge is 2.19. The van der Waals surface area contributed by atoms with Gasteiger partial charge in [0.1, 0.15) is 5.75 Å². The highest BCUT2D eigenvalue weighted by molar-refractivity contribution is 6.31. The molecule has 140 valence electrons. The van der Waals surface area contributed by atoms with E-state index in [2.05, 4.69) is 15.5 Å². The quantitative estimate of drug-likeness (QED) is 0.660. The number of halogens is 1. The van der Waals surface area contributed by atoms with Gasteiger partial charge in [0.2, 0.25) is 11.7 Å². The van der Waals surface area contributed by atoms with Crippen LogP contribution in [0.25, 0.3) is 11.4 Å². The number of rotatable bonds is 7. The van der Waals surface area contributed by atoms with E-state index >= 15 is 0 Å². The molecule has 1 N–H and O–H groups in total. The minimum absolute atomic E-state index is 0.137. The van der Waals surface area contributed by atoms with Gasteiger partial charge in [-0.15, -0.1) is 0 Å². The molecular weight excluding hydrogens is 366 g/mol. The van der Waals surface area contributed by atoms with Gasteiger partial charge >= 0.3 is 0 Å². The molecule has 3 rings (SSSR count). The number of amides is 1. The lowest BCUT2D eigenvalue weighted by atomic mass is 10.2. The highest BCUT2D eigenvalue weighted by atomic mass is 35.5. The second kappa shape index (κ2) is 8.68. The average molecular weight is 386 g/mol. The Kier molecular flexibility index (Phi) is 6.08. The second-order valence-corrected chi connectivity index (χ2v) is 6.43. The van der Waals surface area contributed by atoms with Crippen LogP contribution in [0.2, 0.25) is 5.02 Å². The number of carbonyl (C=O) groups excluding carboxylic acids is 1. The summed E-state index contributed by atoms with van der Waals surface area (Å²) in [5, 5.41) is 7.37. The Morgan fingerprint density at radius 1 is 1.26 bits per heavy atom. The Labute approximate surface area is 162 Å². The third-order valence-electron chi connectivity index (χ3n) is 3.98. The number of carbonyl (C=O) groups is 1. The lowest BCUT2D eigenvalue weighted by molar-refractivity contribution is -0.128. The molecule has 0 aliphatic rings. The van der Waals surface area contributed by atoms with E-state index in [1.165, 1.54) is 0 Å². The number of ether oxygens (including phenoxy) is 1. The topological polar surface area (TPSA) is 77.2 Å². The molecule has 0 aliphatic carbocycles. The molecule has 0 fully saturated rings. The van der Waals surface area contributed by atoms with Gasteiger partial charge in [0, 0.05) is 10.6 Å². The van der Waals surface area contributed by atoms with E-state index in [9.17, 15) is 4.79 Å². The largest absolute Gasteiger partial charge is 0.481 e. The summed E-state index contributed by atoms with van der Waals surface area (Å²) in [6.07, 6.45) is -0.103. The number of aryl methyl sites for hydroxylation is 1. The highest BCUT2D eigenvalue weighted by Crippen LogP contribution is 2.22. The van der Waals surface area contributed by atoms with Gasteiger partial charge in [-0.05, 0) is 37.1 Å². The van der Waals surface area contributed by atoms with Gasteiger partial charge < -0.3 is 14.6 Å². The van der Waals surface area contributed by atoms with Crippen LogP contribution < -0.4 is 10.1 Å². The molecule has 0 radical (unpaired) electrons. The molecule has 1 aromatic heterocycles. The zero-order valence-electron chi connectivity index (χ0n) is 15.1. The van der Waals surface area contributed by atoms with Crippen molar-refractivity contribution in [2.24, 2.45) is 0 Å². The minimum Gasteiger partial charge on any atom is -0.481 e. The molecule has 1 amide bonds. The van der Waals surface area contributed by atoms with Crippen molar-refractivity contribution in [2.75, 3.05) is 0 Å². The number of hydrogen-bond donors (Lipinski definition) is 1. The fourth-order valence-electron chi connectivity index (χ4n) is 2.48. The maximum absolute atomic E-state index is 12.4. The van der Waals surface area contributed by atoms with Gasteiger partial charge in [-0.3, -0.25) is 4.79 Å². The van der Waals surface area contributed by atoms with E-state index in [1.807, 2.05) is 50.2 Å². The van der Waals surface area contributed by atoms with Crippen molar-refractivity contribution in [1.29, 1.82) is 0 Å². The predicted molar refractivity (Wildman–Crippen MR) is 102 cm³/mol. The number of hydrogen-bond acceptors (Lipinski definition) is 5. The monoisotopic (exact) mass is 385 g/mol. The van der Waals surface area contributed by atoms with E-state index in [0.717, 1.165) is 11.1 Å². The maximum atomic E-state index is 12.4. The van der Waals surface area contributed by atoms with Crippen molar-refractivity contribution in [2.45, 2.75) is 32.9 Å². The first-order valence-electron chi connectivity index (χ1n) is 8.65. The van der Waals surface area contributed by atoms with Crippen molar-refractivity contribution in [1.82, 2.24) is 15.5 Å². The molecule has 7 heteroatoms. The molecule has 2 aromatic carbocycles. The molecule has 6 nitrogen and oxygen atoms in total. The predicted octanol–water partition coefficient (Wildman–Crippen LogP) is 4.17. The number of benzene rings is 2. The van der Waals surface area contributed by atoms with Crippen molar-refractivity contribution >= 4 is 17.5 Å². The summed E-state index contributed by atoms with van der Waals surface area (Å²) < 4.78 is 11.0. The molecule has 1 atom stereocenters. The molecule has 27 heavy (non-hydrogen) atoms. The third kappa shape index (κ3) is 4.86. The summed E-state index contributed by atoms with van der Waals surface area (Å²) in [6, 6.07) is 14.8. The molecule has 1 heterocycles. The van der Waals surface area contributed by atoms with Gasteiger partial charge in [0.05, 0.1) is 6.54 Å². The Morgan fingerprint density at radius 2 is 2.04 bits per heavy atom. The van der Waals surface area contributed by atoms with Crippen LogP contribution in [0.15, 0.2) is 53.1 Å². The second-order valence-electron chi connectivity index (χ2n) is 6.02. The van der Waals surface area contributed by atoms with E-state index < -0.39 is 6.10 Å². The first-order chi connectivity index (χ1) is 13.1. The fraction of sp³-hybridized carbons (Fsp3) is 0.250. The van der Waals surface area contributed by atoms with Gasteiger partial charge in [0.15, 0.2) is 6.10 Å².